The highest BCUT2D eigenvalue weighted by atomic mass is 16.5. The summed E-state index contributed by atoms with van der Waals surface area (Å²) >= 11 is 0. The van der Waals surface area contributed by atoms with Gasteiger partial charge in [-0.25, -0.2) is 9.50 Å². The number of amides is 2. The van der Waals surface area contributed by atoms with Crippen LogP contribution in [0.5, 0.6) is 11.6 Å². The minimum Gasteiger partial charge on any atom is -0.438 e. The average Bonchev–Trinajstić information content (AvgIpc) is 3.66. The summed E-state index contributed by atoms with van der Waals surface area (Å²) in [5, 5.41) is 19.4. The van der Waals surface area contributed by atoms with E-state index < -0.39 is 0 Å². The molecule has 5 rings (SSSR count). The molecule has 4 aromatic rings. The number of imidazole rings is 1. The standard InChI is InChI=1S/C27H24N6O3/c1-2-17(15-28)19-5-3-6-20(13-19)27(35)29-21-7-4-8-22(14-21)36-25-12-11-24-30-23(16-33(24)32-25)31-26(34)18-9-10-18/h3-8,11-14,16-18H,2,9-10H2,1H3,(H,29,35)(H,31,34). The number of rotatable bonds is 8. The summed E-state index contributed by atoms with van der Waals surface area (Å²) < 4.78 is 7.44. The zero-order valence-electron chi connectivity index (χ0n) is 19.6. The van der Waals surface area contributed by atoms with Crippen molar-refractivity contribution < 1.29 is 14.3 Å². The Morgan fingerprint density at radius 2 is 1.97 bits per heavy atom. The Balaban J connectivity index is 1.27. The third-order valence-corrected chi connectivity index (χ3v) is 5.92. The molecule has 0 radical (unpaired) electrons. The Morgan fingerprint density at radius 1 is 1.14 bits per heavy atom. The van der Waals surface area contributed by atoms with E-state index >= 15 is 0 Å². The quantitative estimate of drug-likeness (QED) is 0.360. The van der Waals surface area contributed by atoms with Crippen LogP contribution in [0.4, 0.5) is 11.5 Å². The molecule has 2 aromatic heterocycles. The van der Waals surface area contributed by atoms with Crippen LogP contribution in [0.1, 0.15) is 48.0 Å². The van der Waals surface area contributed by atoms with Gasteiger partial charge in [0.25, 0.3) is 5.91 Å². The first-order valence-electron chi connectivity index (χ1n) is 11.8. The summed E-state index contributed by atoms with van der Waals surface area (Å²) in [7, 11) is 0. The van der Waals surface area contributed by atoms with Crippen molar-refractivity contribution in [2.24, 2.45) is 5.92 Å². The molecule has 1 atom stereocenters. The highest BCUT2D eigenvalue weighted by molar-refractivity contribution is 6.04. The van der Waals surface area contributed by atoms with Gasteiger partial charge < -0.3 is 15.4 Å². The lowest BCUT2D eigenvalue weighted by atomic mass is 9.96. The van der Waals surface area contributed by atoms with Crippen molar-refractivity contribution in [1.29, 1.82) is 5.26 Å². The maximum atomic E-state index is 12.8. The number of aromatic nitrogens is 3. The number of hydrogen-bond donors (Lipinski definition) is 2. The Kier molecular flexibility index (Phi) is 6.33. The molecular formula is C27H24N6O3. The number of carbonyl (C=O) groups excluding carboxylic acids is 2. The number of anilines is 2. The Labute approximate surface area is 207 Å². The highest BCUT2D eigenvalue weighted by Gasteiger charge is 2.30. The molecule has 0 spiro atoms. The van der Waals surface area contributed by atoms with Gasteiger partial charge in [-0.2, -0.15) is 5.26 Å². The second-order valence-electron chi connectivity index (χ2n) is 8.66. The van der Waals surface area contributed by atoms with Crippen molar-refractivity contribution >= 4 is 29.0 Å². The monoisotopic (exact) mass is 480 g/mol. The van der Waals surface area contributed by atoms with Crippen LogP contribution < -0.4 is 15.4 Å². The molecule has 1 unspecified atom stereocenters. The number of benzene rings is 2. The van der Waals surface area contributed by atoms with Crippen molar-refractivity contribution in [3.63, 3.8) is 0 Å². The molecule has 1 aliphatic rings. The molecule has 1 aliphatic carbocycles. The molecule has 2 N–H and O–H groups in total. The molecule has 0 saturated heterocycles. The van der Waals surface area contributed by atoms with Crippen LogP contribution in [-0.2, 0) is 4.79 Å². The summed E-state index contributed by atoms with van der Waals surface area (Å²) in [5.41, 5.74) is 2.44. The van der Waals surface area contributed by atoms with Crippen LogP contribution in [0.2, 0.25) is 0 Å². The Morgan fingerprint density at radius 3 is 2.75 bits per heavy atom. The van der Waals surface area contributed by atoms with E-state index in [1.807, 2.05) is 13.0 Å². The predicted molar refractivity (Wildman–Crippen MR) is 134 cm³/mol. The molecule has 2 aromatic carbocycles. The molecule has 36 heavy (non-hydrogen) atoms. The number of carbonyl (C=O) groups is 2. The van der Waals surface area contributed by atoms with Gasteiger partial charge in [0.1, 0.15) is 5.75 Å². The van der Waals surface area contributed by atoms with E-state index in [2.05, 4.69) is 26.8 Å². The van der Waals surface area contributed by atoms with Crippen LogP contribution in [0.15, 0.2) is 66.9 Å². The third kappa shape index (κ3) is 5.18. The molecular weight excluding hydrogens is 456 g/mol. The lowest BCUT2D eigenvalue weighted by Gasteiger charge is -2.11. The number of nitriles is 1. The number of hydrogen-bond acceptors (Lipinski definition) is 6. The van der Waals surface area contributed by atoms with Crippen molar-refractivity contribution in [3.05, 3.63) is 78.0 Å². The second kappa shape index (κ2) is 9.88. The van der Waals surface area contributed by atoms with Crippen LogP contribution in [0, 0.1) is 17.2 Å². The first kappa shape index (κ1) is 23.1. The molecule has 0 aliphatic heterocycles. The maximum Gasteiger partial charge on any atom is 0.255 e. The van der Waals surface area contributed by atoms with Crippen molar-refractivity contribution in [2.75, 3.05) is 10.6 Å². The normalized spacial score (nSPS) is 13.6. The van der Waals surface area contributed by atoms with Gasteiger partial charge in [-0.15, -0.1) is 5.10 Å². The van der Waals surface area contributed by atoms with Gasteiger partial charge in [0.05, 0.1) is 18.2 Å². The van der Waals surface area contributed by atoms with Crippen LogP contribution in [-0.4, -0.2) is 26.4 Å². The largest absolute Gasteiger partial charge is 0.438 e. The topological polar surface area (TPSA) is 121 Å². The van der Waals surface area contributed by atoms with E-state index in [1.165, 1.54) is 0 Å². The number of nitrogens with zero attached hydrogens (tertiary/aromatic N) is 4. The van der Waals surface area contributed by atoms with E-state index in [9.17, 15) is 14.9 Å². The minimum atomic E-state index is -0.277. The smallest absolute Gasteiger partial charge is 0.255 e. The summed E-state index contributed by atoms with van der Waals surface area (Å²) in [4.78, 5) is 29.2. The molecule has 0 bridgehead atoms. The molecule has 1 fully saturated rings. The van der Waals surface area contributed by atoms with Crippen LogP contribution in [0.3, 0.4) is 0 Å². The molecule has 9 nitrogen and oxygen atoms in total. The molecule has 2 heterocycles. The van der Waals surface area contributed by atoms with E-state index in [-0.39, 0.29) is 23.7 Å². The van der Waals surface area contributed by atoms with Crippen molar-refractivity contribution in [3.8, 4) is 17.7 Å². The fourth-order valence-electron chi connectivity index (χ4n) is 3.81. The van der Waals surface area contributed by atoms with Gasteiger partial charge in [0.15, 0.2) is 11.5 Å². The lowest BCUT2D eigenvalue weighted by Crippen LogP contribution is -2.13. The zero-order valence-corrected chi connectivity index (χ0v) is 19.6. The SMILES string of the molecule is CCC(C#N)c1cccc(C(=O)Nc2cccc(Oc3ccc4nc(NC(=O)C5CC5)cn4n3)c2)c1. The predicted octanol–water partition coefficient (Wildman–Crippen LogP) is 5.14. The minimum absolute atomic E-state index is 0.0179. The van der Waals surface area contributed by atoms with Gasteiger partial charge in [0.2, 0.25) is 11.8 Å². The first-order chi connectivity index (χ1) is 17.5. The van der Waals surface area contributed by atoms with E-state index in [4.69, 9.17) is 4.74 Å². The number of fused-ring (bicyclic) bond motifs is 1. The second-order valence-corrected chi connectivity index (χ2v) is 8.66. The summed E-state index contributed by atoms with van der Waals surface area (Å²) in [6, 6.07) is 19.8. The van der Waals surface area contributed by atoms with Crippen LogP contribution >= 0.6 is 0 Å². The van der Waals surface area contributed by atoms with Gasteiger partial charge in [-0.3, -0.25) is 9.59 Å². The molecule has 1 saturated carbocycles. The Bertz CT molecular complexity index is 1480. The van der Waals surface area contributed by atoms with Gasteiger partial charge in [-0.1, -0.05) is 25.1 Å². The van der Waals surface area contributed by atoms with Crippen LogP contribution in [0.25, 0.3) is 5.65 Å². The van der Waals surface area contributed by atoms with Crippen molar-refractivity contribution in [1.82, 2.24) is 14.6 Å². The highest BCUT2D eigenvalue weighted by Crippen LogP contribution is 2.30. The lowest BCUT2D eigenvalue weighted by molar-refractivity contribution is -0.117. The number of nitrogens with one attached hydrogen (secondary N) is 2. The molecule has 2 amide bonds. The average molecular weight is 481 g/mol. The van der Waals surface area contributed by atoms with E-state index in [0.717, 1.165) is 18.4 Å². The van der Waals surface area contributed by atoms with Crippen molar-refractivity contribution in [2.45, 2.75) is 32.1 Å². The Hall–Kier alpha value is -4.71. The molecule has 180 valence electrons. The van der Waals surface area contributed by atoms with E-state index in [0.29, 0.717) is 40.8 Å². The first-order valence-corrected chi connectivity index (χ1v) is 11.8. The fourth-order valence-corrected chi connectivity index (χ4v) is 3.81. The third-order valence-electron chi connectivity index (χ3n) is 5.92. The summed E-state index contributed by atoms with van der Waals surface area (Å²) in [6.45, 7) is 1.94. The number of ether oxygens (including phenoxy) is 1. The summed E-state index contributed by atoms with van der Waals surface area (Å²) in [5.74, 6) is 0.815. The molecule has 9 heteroatoms. The zero-order chi connectivity index (χ0) is 25.1. The summed E-state index contributed by atoms with van der Waals surface area (Å²) in [6.07, 6.45) is 4.16. The fraction of sp³-hybridized carbons (Fsp3) is 0.222. The van der Waals surface area contributed by atoms with Gasteiger partial charge in [0, 0.05) is 29.3 Å². The maximum absolute atomic E-state index is 12.8. The van der Waals surface area contributed by atoms with Gasteiger partial charge in [-0.05, 0) is 55.2 Å². The van der Waals surface area contributed by atoms with Gasteiger partial charge >= 0.3 is 0 Å². The van der Waals surface area contributed by atoms with E-state index in [1.54, 1.807) is 65.3 Å².